The maximum absolute atomic E-state index is 10.3. The largest absolute Gasteiger partial charge is 0.393 e. The predicted molar refractivity (Wildman–Crippen MR) is 47.7 cm³/mol. The zero-order chi connectivity index (χ0) is 9.31. The fourth-order valence-corrected chi connectivity index (χ4v) is 1.09. The Kier molecular flexibility index (Phi) is 1.63. The molecule has 13 heavy (non-hydrogen) atoms. The predicted octanol–water partition coefficient (Wildman–Crippen LogP) is -1.16. The van der Waals surface area contributed by atoms with Crippen LogP contribution in [0.25, 0.3) is 0 Å². The smallest absolute Gasteiger partial charge is 0.194 e. The number of hydrogen-bond donors (Lipinski definition) is 1. The van der Waals surface area contributed by atoms with E-state index in [9.17, 15) is 4.79 Å². The molecule has 0 radical (unpaired) electrons. The van der Waals surface area contributed by atoms with E-state index in [1.165, 1.54) is 12.6 Å². The molecule has 66 valence electrons. The lowest BCUT2D eigenvalue weighted by Gasteiger charge is -2.20. The maximum atomic E-state index is 10.3. The third-order valence-electron chi connectivity index (χ3n) is 1.83. The Morgan fingerprint density at radius 2 is 2.46 bits per heavy atom. The molecule has 0 spiro atoms. The van der Waals surface area contributed by atoms with E-state index in [-0.39, 0.29) is 12.4 Å². The van der Waals surface area contributed by atoms with Gasteiger partial charge in [-0.1, -0.05) is 0 Å². The van der Waals surface area contributed by atoms with E-state index in [0.717, 1.165) is 0 Å². The summed E-state index contributed by atoms with van der Waals surface area (Å²) >= 11 is 0. The first-order valence-corrected chi connectivity index (χ1v) is 3.63. The lowest BCUT2D eigenvalue weighted by Crippen LogP contribution is -2.42. The van der Waals surface area contributed by atoms with Gasteiger partial charge in [0.2, 0.25) is 0 Å². The van der Waals surface area contributed by atoms with Crippen molar-refractivity contribution in [2.24, 2.45) is 20.0 Å². The Balaban J connectivity index is 2.43. The Morgan fingerprint density at radius 1 is 1.62 bits per heavy atom. The van der Waals surface area contributed by atoms with Crippen molar-refractivity contribution in [2.45, 2.75) is 5.54 Å². The van der Waals surface area contributed by atoms with Crippen LogP contribution in [0.2, 0.25) is 0 Å². The van der Waals surface area contributed by atoms with Crippen LogP contribution in [0.4, 0.5) is 0 Å². The van der Waals surface area contributed by atoms with Crippen LogP contribution in [0.3, 0.4) is 0 Å². The molecule has 6 heteroatoms. The highest BCUT2D eigenvalue weighted by molar-refractivity contribution is 6.36. The van der Waals surface area contributed by atoms with E-state index in [2.05, 4.69) is 20.0 Å². The molecule has 0 aromatic heterocycles. The molecule has 0 aliphatic carbocycles. The molecule has 1 atom stereocenters. The summed E-state index contributed by atoms with van der Waals surface area (Å²) < 4.78 is 0. The number of nitrogens with zero attached hydrogens (tertiary/aromatic N) is 4. The maximum Gasteiger partial charge on any atom is 0.194 e. The van der Waals surface area contributed by atoms with Gasteiger partial charge in [-0.05, 0) is 0 Å². The lowest BCUT2D eigenvalue weighted by atomic mass is 10.0. The molecule has 1 unspecified atom stereocenters. The molecular formula is C7H6N4O2. The number of aliphatic hydroxyl groups excluding tert-OH is 1. The van der Waals surface area contributed by atoms with Crippen LogP contribution < -0.4 is 0 Å². The van der Waals surface area contributed by atoms with E-state index in [4.69, 9.17) is 5.11 Å². The second kappa shape index (κ2) is 2.67. The van der Waals surface area contributed by atoms with E-state index >= 15 is 0 Å². The van der Waals surface area contributed by atoms with Gasteiger partial charge in [-0.25, -0.2) is 15.0 Å². The molecule has 0 amide bonds. The Morgan fingerprint density at radius 3 is 3.15 bits per heavy atom. The number of aliphatic hydroxyl groups is 1. The highest BCUT2D eigenvalue weighted by atomic mass is 16.3. The molecule has 0 saturated heterocycles. The minimum absolute atomic E-state index is 0.0494. The Labute approximate surface area is 73.5 Å². The van der Waals surface area contributed by atoms with Gasteiger partial charge in [0.1, 0.15) is 6.34 Å². The molecule has 0 fully saturated rings. The zero-order valence-electron chi connectivity index (χ0n) is 6.58. The van der Waals surface area contributed by atoms with Gasteiger partial charge in [0, 0.05) is 6.21 Å². The summed E-state index contributed by atoms with van der Waals surface area (Å²) in [6, 6.07) is 0. The molecular weight excluding hydrogens is 172 g/mol. The van der Waals surface area contributed by atoms with Gasteiger partial charge in [0.05, 0.1) is 6.61 Å². The van der Waals surface area contributed by atoms with E-state index in [1.54, 1.807) is 0 Å². The molecule has 2 aliphatic heterocycles. The quantitative estimate of drug-likeness (QED) is 0.540. The van der Waals surface area contributed by atoms with Crippen molar-refractivity contribution in [1.82, 2.24) is 0 Å². The minimum Gasteiger partial charge on any atom is -0.393 e. The average molecular weight is 178 g/mol. The van der Waals surface area contributed by atoms with Crippen molar-refractivity contribution in [3.05, 3.63) is 0 Å². The Bertz CT molecular complexity index is 369. The molecule has 0 aromatic rings. The third kappa shape index (κ3) is 1.03. The molecule has 6 nitrogen and oxygen atoms in total. The van der Waals surface area contributed by atoms with Gasteiger partial charge in [0.25, 0.3) is 0 Å². The van der Waals surface area contributed by atoms with Crippen LogP contribution in [0.5, 0.6) is 0 Å². The third-order valence-corrected chi connectivity index (χ3v) is 1.83. The molecule has 2 rings (SSSR count). The lowest BCUT2D eigenvalue weighted by molar-refractivity contribution is -0.102. The number of hydrogen-bond acceptors (Lipinski definition) is 6. The van der Waals surface area contributed by atoms with Crippen LogP contribution in [-0.4, -0.2) is 47.8 Å². The summed E-state index contributed by atoms with van der Waals surface area (Å²) in [5.41, 5.74) is -0.952. The van der Waals surface area contributed by atoms with Crippen LogP contribution >= 0.6 is 0 Å². The van der Waals surface area contributed by atoms with Crippen molar-refractivity contribution in [3.8, 4) is 0 Å². The van der Waals surface area contributed by atoms with Crippen molar-refractivity contribution >= 4 is 30.5 Å². The number of carbonyl (C=O) groups excluding carboxylic acids is 1. The van der Waals surface area contributed by atoms with E-state index in [1.807, 2.05) is 0 Å². The van der Waals surface area contributed by atoms with Crippen LogP contribution in [0.15, 0.2) is 20.0 Å². The number of aldehydes is 1. The van der Waals surface area contributed by atoms with Gasteiger partial charge in [-0.15, -0.1) is 0 Å². The fraction of sp³-hybridized carbons (Fsp3) is 0.286. The minimum atomic E-state index is -0.952. The highest BCUT2D eigenvalue weighted by Gasteiger charge is 2.38. The number of amidine groups is 2. The second-order valence-corrected chi connectivity index (χ2v) is 2.63. The summed E-state index contributed by atoms with van der Waals surface area (Å²) in [6.45, 7) is -0.249. The molecule has 2 heterocycles. The standard InChI is InChI=1S/C7H6N4O2/c12-1-5-8-2-7(3-13)6(11-5)9-4-10-7/h1-2,4,13H,3H2. The summed E-state index contributed by atoms with van der Waals surface area (Å²) in [4.78, 5) is 25.6. The molecule has 0 aromatic carbocycles. The topological polar surface area (TPSA) is 86.7 Å². The first kappa shape index (κ1) is 7.93. The van der Waals surface area contributed by atoms with Gasteiger partial charge >= 0.3 is 0 Å². The van der Waals surface area contributed by atoms with Crippen molar-refractivity contribution in [3.63, 3.8) is 0 Å². The summed E-state index contributed by atoms with van der Waals surface area (Å²) in [5.74, 6) is 0.362. The first-order chi connectivity index (χ1) is 6.30. The molecule has 0 saturated carbocycles. The second-order valence-electron chi connectivity index (χ2n) is 2.63. The SMILES string of the molecule is O=CC1=NC2=NC=NC2(CO)C=N1. The number of rotatable bonds is 2. The van der Waals surface area contributed by atoms with Crippen LogP contribution in [0, 0.1) is 0 Å². The zero-order valence-corrected chi connectivity index (χ0v) is 6.58. The number of aliphatic imine (C=N–C) groups is 4. The summed E-state index contributed by atoms with van der Waals surface area (Å²) in [7, 11) is 0. The summed E-state index contributed by atoms with van der Waals surface area (Å²) in [6.07, 6.45) is 3.21. The number of fused-ring (bicyclic) bond motifs is 1. The molecule has 2 aliphatic rings. The van der Waals surface area contributed by atoms with Gasteiger partial charge < -0.3 is 5.11 Å². The highest BCUT2D eigenvalue weighted by Crippen LogP contribution is 2.18. The van der Waals surface area contributed by atoms with Gasteiger partial charge in [-0.2, -0.15) is 0 Å². The van der Waals surface area contributed by atoms with Crippen LogP contribution in [-0.2, 0) is 4.79 Å². The molecule has 1 N–H and O–H groups in total. The van der Waals surface area contributed by atoms with Gasteiger partial charge in [-0.3, -0.25) is 9.79 Å². The van der Waals surface area contributed by atoms with E-state index < -0.39 is 5.54 Å². The molecule has 0 bridgehead atoms. The Hall–Kier alpha value is -1.69. The summed E-state index contributed by atoms with van der Waals surface area (Å²) in [5, 5.41) is 9.07. The van der Waals surface area contributed by atoms with E-state index in [0.29, 0.717) is 12.1 Å². The first-order valence-electron chi connectivity index (χ1n) is 3.63. The monoisotopic (exact) mass is 178 g/mol. The van der Waals surface area contributed by atoms with Crippen molar-refractivity contribution in [1.29, 1.82) is 0 Å². The fourth-order valence-electron chi connectivity index (χ4n) is 1.09. The van der Waals surface area contributed by atoms with Crippen molar-refractivity contribution < 1.29 is 9.90 Å². The van der Waals surface area contributed by atoms with Gasteiger partial charge in [0.15, 0.2) is 23.5 Å². The van der Waals surface area contributed by atoms with Crippen molar-refractivity contribution in [2.75, 3.05) is 6.61 Å². The van der Waals surface area contributed by atoms with Crippen LogP contribution in [0.1, 0.15) is 0 Å². The number of carbonyl (C=O) groups is 1. The average Bonchev–Trinajstić information content (AvgIpc) is 2.60. The normalized spacial score (nSPS) is 29.6.